The number of halogens is 1. The van der Waals surface area contributed by atoms with Gasteiger partial charge in [0.1, 0.15) is 18.8 Å². The Morgan fingerprint density at radius 1 is 1.00 bits per heavy atom. The van der Waals surface area contributed by atoms with Crippen molar-refractivity contribution in [1.82, 2.24) is 0 Å². The number of esters is 2. The van der Waals surface area contributed by atoms with Crippen LogP contribution in [0.25, 0.3) is 0 Å². The zero-order chi connectivity index (χ0) is 19.9. The third kappa shape index (κ3) is 4.94. The Bertz CT molecular complexity index is 782. The van der Waals surface area contributed by atoms with Crippen molar-refractivity contribution in [2.75, 3.05) is 13.2 Å². The number of rotatable bonds is 6. The smallest absolute Gasteiger partial charge is 0.338 e. The maximum atomic E-state index is 14.9. The van der Waals surface area contributed by atoms with Gasteiger partial charge in [-0.25, -0.2) is 14.0 Å². The van der Waals surface area contributed by atoms with Crippen LogP contribution in [-0.4, -0.2) is 54.7 Å². The van der Waals surface area contributed by atoms with E-state index in [1.807, 2.05) is 0 Å². The Morgan fingerprint density at radius 3 is 2.14 bits per heavy atom. The topological polar surface area (TPSA) is 82.1 Å². The average Bonchev–Trinajstić information content (AvgIpc) is 2.75. The second-order valence-corrected chi connectivity index (χ2v) is 6.43. The molecule has 1 N–H and O–H groups in total. The molecule has 1 fully saturated rings. The second kappa shape index (κ2) is 9.43. The first-order chi connectivity index (χ1) is 13.6. The summed E-state index contributed by atoms with van der Waals surface area (Å²) in [7, 11) is 0. The quantitative estimate of drug-likeness (QED) is 0.766. The average molecular weight is 388 g/mol. The molecule has 1 unspecified atom stereocenters. The first-order valence-corrected chi connectivity index (χ1v) is 8.97. The van der Waals surface area contributed by atoms with E-state index in [0.29, 0.717) is 11.1 Å². The first kappa shape index (κ1) is 20.0. The Morgan fingerprint density at radius 2 is 1.57 bits per heavy atom. The van der Waals surface area contributed by atoms with Gasteiger partial charge in [0.25, 0.3) is 0 Å². The van der Waals surface area contributed by atoms with Crippen LogP contribution in [0.15, 0.2) is 60.7 Å². The van der Waals surface area contributed by atoms with E-state index in [9.17, 15) is 19.1 Å². The van der Waals surface area contributed by atoms with Crippen molar-refractivity contribution < 1.29 is 33.3 Å². The number of carbonyl (C=O) groups excluding carboxylic acids is 2. The maximum absolute atomic E-state index is 14.9. The Labute approximate surface area is 161 Å². The fourth-order valence-corrected chi connectivity index (χ4v) is 2.96. The highest BCUT2D eigenvalue weighted by molar-refractivity contribution is 5.89. The molecule has 3 rings (SSSR count). The van der Waals surface area contributed by atoms with E-state index in [1.165, 1.54) is 0 Å². The van der Waals surface area contributed by atoms with Crippen LogP contribution in [0.1, 0.15) is 27.1 Å². The number of hydrogen-bond donors (Lipinski definition) is 1. The molecule has 6 nitrogen and oxygen atoms in total. The van der Waals surface area contributed by atoms with Crippen LogP contribution in [0.5, 0.6) is 0 Å². The third-order valence-electron chi connectivity index (χ3n) is 4.43. The molecular formula is C21H21FO6. The molecule has 0 aromatic heterocycles. The van der Waals surface area contributed by atoms with Gasteiger partial charge in [0.15, 0.2) is 6.17 Å². The minimum Gasteiger partial charge on any atom is -0.459 e. The summed E-state index contributed by atoms with van der Waals surface area (Å²) >= 11 is 0. The molecule has 0 bridgehead atoms. The first-order valence-electron chi connectivity index (χ1n) is 8.97. The van der Waals surface area contributed by atoms with Gasteiger partial charge in [0.05, 0.1) is 23.8 Å². The van der Waals surface area contributed by atoms with Crippen molar-refractivity contribution in [2.24, 2.45) is 0 Å². The molecule has 0 saturated carbocycles. The van der Waals surface area contributed by atoms with E-state index in [4.69, 9.17) is 14.2 Å². The molecule has 1 heterocycles. The van der Waals surface area contributed by atoms with Gasteiger partial charge in [-0.2, -0.15) is 0 Å². The highest BCUT2D eigenvalue weighted by Crippen LogP contribution is 2.26. The van der Waals surface area contributed by atoms with Crippen molar-refractivity contribution in [1.29, 1.82) is 0 Å². The molecular weight excluding hydrogens is 367 g/mol. The van der Waals surface area contributed by atoms with Gasteiger partial charge < -0.3 is 19.3 Å². The molecule has 0 radical (unpaired) electrons. The summed E-state index contributed by atoms with van der Waals surface area (Å²) in [6, 6.07) is 16.5. The predicted molar refractivity (Wildman–Crippen MR) is 97.6 cm³/mol. The summed E-state index contributed by atoms with van der Waals surface area (Å²) in [4.78, 5) is 24.3. The van der Waals surface area contributed by atoms with Gasteiger partial charge in [-0.3, -0.25) is 0 Å². The zero-order valence-corrected chi connectivity index (χ0v) is 15.1. The highest BCUT2D eigenvalue weighted by Gasteiger charge is 2.42. The van der Waals surface area contributed by atoms with Crippen LogP contribution >= 0.6 is 0 Å². The van der Waals surface area contributed by atoms with Crippen LogP contribution in [0.2, 0.25) is 0 Å². The van der Waals surface area contributed by atoms with Crippen LogP contribution < -0.4 is 0 Å². The summed E-state index contributed by atoms with van der Waals surface area (Å²) in [5.41, 5.74) is 0.633. The van der Waals surface area contributed by atoms with Crippen molar-refractivity contribution in [3.05, 3.63) is 71.8 Å². The Hall–Kier alpha value is -2.77. The summed E-state index contributed by atoms with van der Waals surface area (Å²) in [5, 5.41) is 9.42. The van der Waals surface area contributed by atoms with Crippen molar-refractivity contribution in [3.8, 4) is 0 Å². The Balaban J connectivity index is 1.63. The summed E-state index contributed by atoms with van der Waals surface area (Å²) in [6.45, 7) is -0.722. The monoisotopic (exact) mass is 388 g/mol. The lowest BCUT2D eigenvalue weighted by atomic mass is 9.99. The minimum absolute atomic E-state index is 0.0133. The molecule has 0 aliphatic carbocycles. The molecule has 1 aliphatic heterocycles. The standard InChI is InChI=1S/C21H21FO6/c22-19-17(28-21(25)15-9-5-2-6-10-15)11-16(12-23)27-18(19)13-26-20(24)14-7-3-1-4-8-14/h1-10,16-19,23H,11-13H2/t16?,17-,18-,19+/m1/s1. The number of benzene rings is 2. The van der Waals surface area contributed by atoms with Crippen LogP contribution in [0.4, 0.5) is 4.39 Å². The molecule has 7 heteroatoms. The molecule has 1 aliphatic rings. The van der Waals surface area contributed by atoms with E-state index >= 15 is 0 Å². The lowest BCUT2D eigenvalue weighted by molar-refractivity contribution is -0.167. The van der Waals surface area contributed by atoms with E-state index in [1.54, 1.807) is 60.7 Å². The van der Waals surface area contributed by atoms with Gasteiger partial charge in [0, 0.05) is 6.42 Å². The Kier molecular flexibility index (Phi) is 6.73. The van der Waals surface area contributed by atoms with E-state index < -0.39 is 36.4 Å². The lowest BCUT2D eigenvalue weighted by Crippen LogP contribution is -2.50. The van der Waals surface area contributed by atoms with Crippen LogP contribution in [0.3, 0.4) is 0 Å². The maximum Gasteiger partial charge on any atom is 0.338 e. The molecule has 1 saturated heterocycles. The van der Waals surface area contributed by atoms with Crippen molar-refractivity contribution >= 4 is 11.9 Å². The highest BCUT2D eigenvalue weighted by atomic mass is 19.1. The summed E-state index contributed by atoms with van der Waals surface area (Å²) in [6.07, 6.45) is -4.66. The summed E-state index contributed by atoms with van der Waals surface area (Å²) in [5.74, 6) is -1.27. The molecule has 0 amide bonds. The van der Waals surface area contributed by atoms with Crippen molar-refractivity contribution in [2.45, 2.75) is 30.9 Å². The fourth-order valence-electron chi connectivity index (χ4n) is 2.96. The molecule has 2 aromatic carbocycles. The fraction of sp³-hybridized carbons (Fsp3) is 0.333. The van der Waals surface area contributed by atoms with Gasteiger partial charge in [-0.15, -0.1) is 0 Å². The largest absolute Gasteiger partial charge is 0.459 e. The lowest BCUT2D eigenvalue weighted by Gasteiger charge is -2.36. The number of aliphatic hydroxyl groups is 1. The normalized spacial score (nSPS) is 24.4. The third-order valence-corrected chi connectivity index (χ3v) is 4.43. The number of ether oxygens (including phenoxy) is 3. The minimum atomic E-state index is -1.70. The van der Waals surface area contributed by atoms with Gasteiger partial charge in [-0.05, 0) is 24.3 Å². The van der Waals surface area contributed by atoms with Gasteiger partial charge in [0.2, 0.25) is 0 Å². The molecule has 2 aromatic rings. The van der Waals surface area contributed by atoms with Crippen LogP contribution in [-0.2, 0) is 14.2 Å². The van der Waals surface area contributed by atoms with E-state index in [-0.39, 0.29) is 19.6 Å². The van der Waals surface area contributed by atoms with E-state index in [2.05, 4.69) is 0 Å². The van der Waals surface area contributed by atoms with Gasteiger partial charge in [-0.1, -0.05) is 36.4 Å². The predicted octanol–water partition coefficient (Wildman–Crippen LogP) is 2.56. The summed E-state index contributed by atoms with van der Waals surface area (Å²) < 4.78 is 30.8. The van der Waals surface area contributed by atoms with Crippen LogP contribution in [0, 0.1) is 0 Å². The van der Waals surface area contributed by atoms with Gasteiger partial charge >= 0.3 is 11.9 Å². The molecule has 28 heavy (non-hydrogen) atoms. The number of aliphatic hydroxyl groups excluding tert-OH is 1. The molecule has 0 spiro atoms. The zero-order valence-electron chi connectivity index (χ0n) is 15.1. The number of alkyl halides is 1. The van der Waals surface area contributed by atoms with E-state index in [0.717, 1.165) is 0 Å². The molecule has 4 atom stereocenters. The number of carbonyl (C=O) groups is 2. The second-order valence-electron chi connectivity index (χ2n) is 6.43. The number of hydrogen-bond acceptors (Lipinski definition) is 6. The SMILES string of the molecule is O=C(OC[C@H]1OC(CO)C[C@@H](OC(=O)c2ccccc2)[C@@H]1F)c1ccccc1. The molecule has 148 valence electrons. The van der Waals surface area contributed by atoms with Crippen molar-refractivity contribution in [3.63, 3.8) is 0 Å².